The summed E-state index contributed by atoms with van der Waals surface area (Å²) >= 11 is 0. The second-order valence-corrected chi connectivity index (χ2v) is 13.8. The van der Waals surface area contributed by atoms with Gasteiger partial charge in [-0.1, -0.05) is 139 Å². The molecule has 0 radical (unpaired) electrons. The number of para-hydroxylation sites is 2. The Morgan fingerprint density at radius 2 is 0.812 bits per heavy atom. The lowest BCUT2D eigenvalue weighted by Crippen LogP contribution is -1.98. The molecule has 246 valence electrons. The highest BCUT2D eigenvalue weighted by Gasteiger charge is 2.14. The highest BCUT2D eigenvalue weighted by molar-refractivity contribution is 6.10. The summed E-state index contributed by atoms with van der Waals surface area (Å²) in [6.07, 6.45) is 19.7. The van der Waals surface area contributed by atoms with E-state index >= 15 is 0 Å². The topological polar surface area (TPSA) is 22.8 Å². The standard InChI is InChI=1S/C45H51N3/c1-3-5-7-9-11-17-27-47-42-21-15-13-19-38(42)40-25-23-34(30-44(40)47)36-29-37(33-46-32-36)35-24-26-41-39-20-14-16-22-43(39)48(45(41)31-35)28-18-12-10-8-6-4-2/h13-16,19-26,29-33H,3-12,17-18,27-28H2,1-2H3. The van der Waals surface area contributed by atoms with Crippen molar-refractivity contribution in [2.24, 2.45) is 0 Å². The van der Waals surface area contributed by atoms with E-state index in [1.165, 1.54) is 143 Å². The Kier molecular flexibility index (Phi) is 10.2. The fraction of sp³-hybridized carbons (Fsp3) is 0.356. The quantitative estimate of drug-likeness (QED) is 0.0971. The third-order valence-corrected chi connectivity index (χ3v) is 10.4. The number of aromatic nitrogens is 3. The largest absolute Gasteiger partial charge is 0.340 e. The van der Waals surface area contributed by atoms with Crippen molar-refractivity contribution in [1.82, 2.24) is 14.1 Å². The first-order valence-electron chi connectivity index (χ1n) is 18.7. The summed E-state index contributed by atoms with van der Waals surface area (Å²) < 4.78 is 5.11. The lowest BCUT2D eigenvalue weighted by atomic mass is 10.00. The van der Waals surface area contributed by atoms with Gasteiger partial charge in [-0.2, -0.15) is 0 Å². The molecule has 3 aromatic heterocycles. The van der Waals surface area contributed by atoms with Gasteiger partial charge in [0, 0.05) is 80.2 Å². The minimum absolute atomic E-state index is 1.06. The summed E-state index contributed by atoms with van der Waals surface area (Å²) in [4.78, 5) is 4.78. The van der Waals surface area contributed by atoms with Gasteiger partial charge in [0.15, 0.2) is 0 Å². The van der Waals surface area contributed by atoms with Crippen molar-refractivity contribution in [2.75, 3.05) is 0 Å². The molecule has 0 amide bonds. The highest BCUT2D eigenvalue weighted by Crippen LogP contribution is 2.36. The van der Waals surface area contributed by atoms with Gasteiger partial charge in [-0.05, 0) is 54.3 Å². The van der Waals surface area contributed by atoms with Crippen LogP contribution in [-0.4, -0.2) is 14.1 Å². The smallest absolute Gasteiger partial charge is 0.0497 e. The molecule has 0 saturated heterocycles. The number of aryl methyl sites for hydroxylation is 2. The molecule has 4 aromatic carbocycles. The summed E-state index contributed by atoms with van der Waals surface area (Å²) in [6, 6.07) is 34.2. The lowest BCUT2D eigenvalue weighted by molar-refractivity contribution is 0.571. The SMILES string of the molecule is CCCCCCCCn1c2ccccc2c2ccc(-c3cncc(-c4ccc5c6ccccc6n(CCCCCCCC)c5c4)c3)cc21. The molecule has 0 saturated carbocycles. The first-order chi connectivity index (χ1) is 23.8. The number of hydrogen-bond acceptors (Lipinski definition) is 1. The van der Waals surface area contributed by atoms with Gasteiger partial charge in [0.2, 0.25) is 0 Å². The van der Waals surface area contributed by atoms with E-state index in [1.54, 1.807) is 0 Å². The molecule has 3 nitrogen and oxygen atoms in total. The van der Waals surface area contributed by atoms with E-state index in [4.69, 9.17) is 4.98 Å². The van der Waals surface area contributed by atoms with Crippen LogP contribution in [0.1, 0.15) is 90.9 Å². The molecule has 0 bridgehead atoms. The van der Waals surface area contributed by atoms with Crippen LogP contribution in [0.25, 0.3) is 65.9 Å². The van der Waals surface area contributed by atoms with Crippen LogP contribution >= 0.6 is 0 Å². The fourth-order valence-electron chi connectivity index (χ4n) is 7.80. The molecular weight excluding hydrogens is 583 g/mol. The molecule has 0 aliphatic carbocycles. The maximum absolute atomic E-state index is 4.78. The minimum Gasteiger partial charge on any atom is -0.340 e. The van der Waals surface area contributed by atoms with Crippen LogP contribution in [0.2, 0.25) is 0 Å². The van der Waals surface area contributed by atoms with E-state index in [1.807, 2.05) is 12.4 Å². The van der Waals surface area contributed by atoms with Crippen molar-refractivity contribution in [2.45, 2.75) is 104 Å². The number of rotatable bonds is 16. The zero-order chi connectivity index (χ0) is 32.7. The molecule has 7 aromatic rings. The molecule has 7 rings (SSSR count). The van der Waals surface area contributed by atoms with Gasteiger partial charge in [0.1, 0.15) is 0 Å². The first-order valence-corrected chi connectivity index (χ1v) is 18.7. The molecule has 0 aliphatic heterocycles. The van der Waals surface area contributed by atoms with Crippen LogP contribution < -0.4 is 0 Å². The van der Waals surface area contributed by atoms with E-state index in [-0.39, 0.29) is 0 Å². The Morgan fingerprint density at radius 3 is 1.29 bits per heavy atom. The third kappa shape index (κ3) is 6.65. The van der Waals surface area contributed by atoms with E-state index in [9.17, 15) is 0 Å². The number of pyridine rings is 1. The molecule has 0 fully saturated rings. The van der Waals surface area contributed by atoms with Crippen LogP contribution in [0.3, 0.4) is 0 Å². The van der Waals surface area contributed by atoms with Gasteiger partial charge >= 0.3 is 0 Å². The maximum Gasteiger partial charge on any atom is 0.0497 e. The van der Waals surface area contributed by atoms with E-state index in [2.05, 4.69) is 114 Å². The Morgan fingerprint density at radius 1 is 0.396 bits per heavy atom. The Bertz CT molecular complexity index is 1980. The third-order valence-electron chi connectivity index (χ3n) is 10.4. The summed E-state index contributed by atoms with van der Waals surface area (Å²) in [5.41, 5.74) is 10.1. The zero-order valence-corrected chi connectivity index (χ0v) is 29.1. The average molecular weight is 634 g/mol. The van der Waals surface area contributed by atoms with Gasteiger partial charge in [0.25, 0.3) is 0 Å². The van der Waals surface area contributed by atoms with Gasteiger partial charge in [0.05, 0.1) is 0 Å². The summed E-state index contributed by atoms with van der Waals surface area (Å²) in [7, 11) is 0. The predicted octanol–water partition coefficient (Wildman–Crippen LogP) is 13.4. The number of unbranched alkanes of at least 4 members (excludes halogenated alkanes) is 10. The van der Waals surface area contributed by atoms with E-state index in [0.29, 0.717) is 0 Å². The molecular formula is C45H51N3. The Labute approximate surface area is 286 Å². The second kappa shape index (κ2) is 15.2. The normalized spacial score (nSPS) is 11.9. The summed E-state index contributed by atoms with van der Waals surface area (Å²) in [6.45, 7) is 6.70. The number of nitrogens with zero attached hydrogens (tertiary/aromatic N) is 3. The van der Waals surface area contributed by atoms with Crippen molar-refractivity contribution in [1.29, 1.82) is 0 Å². The van der Waals surface area contributed by atoms with Crippen molar-refractivity contribution in [3.63, 3.8) is 0 Å². The Hall–Kier alpha value is -4.37. The van der Waals surface area contributed by atoms with Gasteiger partial charge < -0.3 is 9.13 Å². The van der Waals surface area contributed by atoms with E-state index in [0.717, 1.165) is 13.1 Å². The van der Waals surface area contributed by atoms with Crippen LogP contribution in [0.5, 0.6) is 0 Å². The van der Waals surface area contributed by atoms with Gasteiger partial charge in [-0.3, -0.25) is 4.98 Å². The monoisotopic (exact) mass is 633 g/mol. The zero-order valence-electron chi connectivity index (χ0n) is 29.1. The minimum atomic E-state index is 1.06. The van der Waals surface area contributed by atoms with Crippen molar-refractivity contribution >= 4 is 43.6 Å². The Balaban J connectivity index is 1.20. The lowest BCUT2D eigenvalue weighted by Gasteiger charge is -2.11. The molecule has 0 atom stereocenters. The molecule has 0 unspecified atom stereocenters. The van der Waals surface area contributed by atoms with Crippen LogP contribution in [-0.2, 0) is 13.1 Å². The van der Waals surface area contributed by atoms with Crippen molar-refractivity contribution < 1.29 is 0 Å². The second-order valence-electron chi connectivity index (χ2n) is 13.8. The number of hydrogen-bond donors (Lipinski definition) is 0. The van der Waals surface area contributed by atoms with E-state index < -0.39 is 0 Å². The first kappa shape index (κ1) is 32.2. The van der Waals surface area contributed by atoms with Gasteiger partial charge in [-0.15, -0.1) is 0 Å². The summed E-state index contributed by atoms with van der Waals surface area (Å²) in [5, 5.41) is 5.38. The van der Waals surface area contributed by atoms with Crippen LogP contribution in [0.15, 0.2) is 103 Å². The van der Waals surface area contributed by atoms with Crippen molar-refractivity contribution in [3.05, 3.63) is 103 Å². The average Bonchev–Trinajstić information content (AvgIpc) is 3.62. The molecule has 0 aliphatic rings. The molecule has 48 heavy (non-hydrogen) atoms. The molecule has 0 spiro atoms. The highest BCUT2D eigenvalue weighted by atomic mass is 15.0. The van der Waals surface area contributed by atoms with Crippen LogP contribution in [0, 0.1) is 0 Å². The molecule has 0 N–H and O–H groups in total. The number of fused-ring (bicyclic) bond motifs is 6. The summed E-state index contributed by atoms with van der Waals surface area (Å²) in [5.74, 6) is 0. The fourth-order valence-corrected chi connectivity index (χ4v) is 7.80. The number of benzene rings is 4. The molecule has 3 heterocycles. The van der Waals surface area contributed by atoms with Crippen molar-refractivity contribution in [3.8, 4) is 22.3 Å². The molecule has 3 heteroatoms. The maximum atomic E-state index is 4.78. The van der Waals surface area contributed by atoms with Gasteiger partial charge in [-0.25, -0.2) is 0 Å². The van der Waals surface area contributed by atoms with Crippen LogP contribution in [0.4, 0.5) is 0 Å². The predicted molar refractivity (Wildman–Crippen MR) is 208 cm³/mol.